The Bertz CT molecular complexity index is 507. The van der Waals surface area contributed by atoms with Gasteiger partial charge in [-0.05, 0) is 25.8 Å². The second-order valence-electron chi connectivity index (χ2n) is 5.19. The van der Waals surface area contributed by atoms with E-state index in [2.05, 4.69) is 5.32 Å². The van der Waals surface area contributed by atoms with E-state index < -0.39 is 12.1 Å². The summed E-state index contributed by atoms with van der Waals surface area (Å²) in [7, 11) is 1.70. The molecule has 1 amide bonds. The van der Waals surface area contributed by atoms with Crippen molar-refractivity contribution in [2.45, 2.75) is 44.8 Å². The first-order chi connectivity index (χ1) is 9.47. The fourth-order valence-corrected chi connectivity index (χ4v) is 2.64. The van der Waals surface area contributed by atoms with Crippen LogP contribution in [0.1, 0.15) is 43.1 Å². The van der Waals surface area contributed by atoms with Gasteiger partial charge >= 0.3 is 5.97 Å². The number of aromatic nitrogens is 1. The highest BCUT2D eigenvalue weighted by molar-refractivity contribution is 6.30. The second-order valence-corrected chi connectivity index (χ2v) is 5.63. The van der Waals surface area contributed by atoms with Crippen molar-refractivity contribution in [1.29, 1.82) is 0 Å². The maximum Gasteiger partial charge on any atom is 0.355 e. The van der Waals surface area contributed by atoms with E-state index in [1.54, 1.807) is 24.7 Å². The van der Waals surface area contributed by atoms with Crippen molar-refractivity contribution in [3.8, 4) is 0 Å². The topological polar surface area (TPSA) is 60.3 Å². The molecule has 1 aliphatic rings. The number of hydrogen-bond acceptors (Lipinski definition) is 3. The van der Waals surface area contributed by atoms with Gasteiger partial charge in [0.2, 0.25) is 0 Å². The highest BCUT2D eigenvalue weighted by Gasteiger charge is 2.24. The van der Waals surface area contributed by atoms with Crippen LogP contribution < -0.4 is 5.32 Å². The minimum atomic E-state index is -0.809. The number of amides is 1. The summed E-state index contributed by atoms with van der Waals surface area (Å²) in [6.45, 7) is 1.58. The predicted molar refractivity (Wildman–Crippen MR) is 75.7 cm³/mol. The van der Waals surface area contributed by atoms with Crippen LogP contribution in [0.15, 0.2) is 12.3 Å². The van der Waals surface area contributed by atoms with Crippen molar-refractivity contribution in [2.24, 2.45) is 7.05 Å². The number of carbonyl (C=O) groups is 2. The Morgan fingerprint density at radius 1 is 1.45 bits per heavy atom. The molecule has 5 nitrogen and oxygen atoms in total. The fourth-order valence-electron chi connectivity index (χ4n) is 2.39. The van der Waals surface area contributed by atoms with E-state index in [-0.39, 0.29) is 11.9 Å². The largest absolute Gasteiger partial charge is 0.448 e. The zero-order valence-electron chi connectivity index (χ0n) is 11.7. The van der Waals surface area contributed by atoms with Crippen molar-refractivity contribution in [3.05, 3.63) is 23.0 Å². The first-order valence-electron chi connectivity index (χ1n) is 6.80. The zero-order chi connectivity index (χ0) is 14.7. The smallest absolute Gasteiger partial charge is 0.355 e. The molecule has 0 aromatic carbocycles. The lowest BCUT2D eigenvalue weighted by Gasteiger charge is -2.17. The van der Waals surface area contributed by atoms with Crippen molar-refractivity contribution < 1.29 is 14.3 Å². The van der Waals surface area contributed by atoms with Crippen molar-refractivity contribution in [2.75, 3.05) is 0 Å². The number of nitrogens with one attached hydrogen (secondary N) is 1. The molecule has 1 saturated carbocycles. The molecule has 110 valence electrons. The quantitative estimate of drug-likeness (QED) is 0.868. The van der Waals surface area contributed by atoms with Gasteiger partial charge in [-0.25, -0.2) is 4.79 Å². The summed E-state index contributed by atoms with van der Waals surface area (Å²) in [6, 6.07) is 1.74. The number of ether oxygens (including phenoxy) is 1. The summed E-state index contributed by atoms with van der Waals surface area (Å²) in [6.07, 6.45) is 5.08. The number of rotatable bonds is 4. The molecular formula is C14H19ClN2O3. The van der Waals surface area contributed by atoms with Crippen LogP contribution in [-0.2, 0) is 16.6 Å². The Morgan fingerprint density at radius 3 is 2.65 bits per heavy atom. The van der Waals surface area contributed by atoms with Gasteiger partial charge in [-0.2, -0.15) is 0 Å². The third-order valence-corrected chi connectivity index (χ3v) is 3.74. The third kappa shape index (κ3) is 3.54. The Hall–Kier alpha value is -1.49. The minimum absolute atomic E-state index is 0.216. The molecule has 0 saturated heterocycles. The lowest BCUT2D eigenvalue weighted by atomic mass is 10.2. The van der Waals surface area contributed by atoms with Crippen LogP contribution in [0.5, 0.6) is 0 Å². The highest BCUT2D eigenvalue weighted by Crippen LogP contribution is 2.18. The van der Waals surface area contributed by atoms with E-state index in [1.807, 2.05) is 0 Å². The predicted octanol–water partition coefficient (Wildman–Crippen LogP) is 2.28. The lowest BCUT2D eigenvalue weighted by molar-refractivity contribution is -0.129. The molecule has 1 aliphatic carbocycles. The minimum Gasteiger partial charge on any atom is -0.448 e. The van der Waals surface area contributed by atoms with E-state index in [4.69, 9.17) is 16.3 Å². The summed E-state index contributed by atoms with van der Waals surface area (Å²) in [5, 5.41) is 3.37. The molecule has 1 aromatic heterocycles. The summed E-state index contributed by atoms with van der Waals surface area (Å²) in [5.41, 5.74) is 0.329. The monoisotopic (exact) mass is 298 g/mol. The SMILES string of the molecule is C[C@@H](OC(=O)c1cc(Cl)cn1C)C(=O)NC1CCCC1. The van der Waals surface area contributed by atoms with E-state index in [9.17, 15) is 9.59 Å². The summed E-state index contributed by atoms with van der Waals surface area (Å²) >= 11 is 5.81. The second kappa shape index (κ2) is 6.31. The molecular weight excluding hydrogens is 280 g/mol. The first kappa shape index (κ1) is 14.9. The van der Waals surface area contributed by atoms with Crippen LogP contribution in [0.3, 0.4) is 0 Å². The molecule has 0 bridgehead atoms. The molecule has 0 aliphatic heterocycles. The number of carbonyl (C=O) groups excluding carboxylic acids is 2. The van der Waals surface area contributed by atoms with Gasteiger partial charge < -0.3 is 14.6 Å². The van der Waals surface area contributed by atoms with Crippen LogP contribution in [0.2, 0.25) is 5.02 Å². The normalized spacial score (nSPS) is 16.9. The van der Waals surface area contributed by atoms with Crippen LogP contribution >= 0.6 is 11.6 Å². The zero-order valence-corrected chi connectivity index (χ0v) is 12.4. The van der Waals surface area contributed by atoms with Crippen LogP contribution in [0.25, 0.3) is 0 Å². The molecule has 20 heavy (non-hydrogen) atoms. The van der Waals surface area contributed by atoms with Gasteiger partial charge in [0.1, 0.15) is 5.69 Å². The Balaban J connectivity index is 1.89. The van der Waals surface area contributed by atoms with E-state index in [1.165, 1.54) is 6.07 Å². The fraction of sp³-hybridized carbons (Fsp3) is 0.571. The molecule has 1 aromatic rings. The van der Waals surface area contributed by atoms with Gasteiger partial charge in [-0.3, -0.25) is 4.79 Å². The Labute approximate surface area is 123 Å². The molecule has 0 unspecified atom stereocenters. The summed E-state index contributed by atoms with van der Waals surface area (Å²) < 4.78 is 6.75. The molecule has 1 atom stereocenters. The van der Waals surface area contributed by atoms with Gasteiger partial charge in [0.25, 0.3) is 5.91 Å². The van der Waals surface area contributed by atoms with Crippen molar-refractivity contribution in [1.82, 2.24) is 9.88 Å². The summed E-state index contributed by atoms with van der Waals surface area (Å²) in [4.78, 5) is 23.9. The highest BCUT2D eigenvalue weighted by atomic mass is 35.5. The number of hydrogen-bond donors (Lipinski definition) is 1. The number of nitrogens with zero attached hydrogens (tertiary/aromatic N) is 1. The molecule has 6 heteroatoms. The van der Waals surface area contributed by atoms with E-state index in [0.29, 0.717) is 10.7 Å². The first-order valence-corrected chi connectivity index (χ1v) is 7.18. The lowest BCUT2D eigenvalue weighted by Crippen LogP contribution is -2.41. The van der Waals surface area contributed by atoms with Crippen molar-refractivity contribution in [3.63, 3.8) is 0 Å². The maximum absolute atomic E-state index is 11.9. The maximum atomic E-state index is 11.9. The molecule has 1 heterocycles. The van der Waals surface area contributed by atoms with Gasteiger partial charge in [0, 0.05) is 19.3 Å². The van der Waals surface area contributed by atoms with E-state index >= 15 is 0 Å². The van der Waals surface area contributed by atoms with E-state index in [0.717, 1.165) is 25.7 Å². The Morgan fingerprint density at radius 2 is 2.10 bits per heavy atom. The standard InChI is InChI=1S/C14H19ClN2O3/c1-9(13(18)16-11-5-3-4-6-11)20-14(19)12-7-10(15)8-17(12)2/h7-9,11H,3-6H2,1-2H3,(H,16,18)/t9-/m1/s1. The average Bonchev–Trinajstić information content (AvgIpc) is 2.98. The van der Waals surface area contributed by atoms with Gasteiger partial charge in [-0.15, -0.1) is 0 Å². The molecule has 1 N–H and O–H groups in total. The van der Waals surface area contributed by atoms with Crippen LogP contribution in [0, 0.1) is 0 Å². The van der Waals surface area contributed by atoms with Crippen LogP contribution in [-0.4, -0.2) is 28.6 Å². The van der Waals surface area contributed by atoms with Crippen molar-refractivity contribution >= 4 is 23.5 Å². The molecule has 0 spiro atoms. The number of esters is 1. The van der Waals surface area contributed by atoms with Gasteiger partial charge in [0.05, 0.1) is 5.02 Å². The van der Waals surface area contributed by atoms with Gasteiger partial charge in [0.15, 0.2) is 6.10 Å². The third-order valence-electron chi connectivity index (χ3n) is 3.54. The summed E-state index contributed by atoms with van der Waals surface area (Å²) in [5.74, 6) is -0.793. The molecule has 0 radical (unpaired) electrons. The number of halogens is 1. The molecule has 2 rings (SSSR count). The van der Waals surface area contributed by atoms with Crippen LogP contribution in [0.4, 0.5) is 0 Å². The molecule has 1 fully saturated rings. The number of aryl methyl sites for hydroxylation is 1. The average molecular weight is 299 g/mol. The van der Waals surface area contributed by atoms with Gasteiger partial charge in [-0.1, -0.05) is 24.4 Å². The Kier molecular flexibility index (Phi) is 4.70.